The lowest BCUT2D eigenvalue weighted by Gasteiger charge is -2.15. The van der Waals surface area contributed by atoms with Crippen molar-refractivity contribution in [3.8, 4) is 0 Å². The number of aliphatic hydroxyl groups is 1. The van der Waals surface area contributed by atoms with Gasteiger partial charge >= 0.3 is 5.97 Å². The van der Waals surface area contributed by atoms with E-state index in [9.17, 15) is 9.90 Å². The van der Waals surface area contributed by atoms with Gasteiger partial charge in [0.25, 0.3) is 0 Å². The quantitative estimate of drug-likeness (QED) is 0.330. The third kappa shape index (κ3) is 5.90. The zero-order valence-electron chi connectivity index (χ0n) is 18.3. The summed E-state index contributed by atoms with van der Waals surface area (Å²) in [6, 6.07) is 1.77. The van der Waals surface area contributed by atoms with E-state index in [0.717, 1.165) is 48.3 Å². The molecule has 0 saturated heterocycles. The second-order valence-electron chi connectivity index (χ2n) is 7.00. The summed E-state index contributed by atoms with van der Waals surface area (Å²) >= 11 is 0. The molecule has 2 aromatic heterocycles. The predicted molar refractivity (Wildman–Crippen MR) is 110 cm³/mol. The van der Waals surface area contributed by atoms with Crippen molar-refractivity contribution >= 4 is 5.97 Å². The molecule has 0 aromatic carbocycles. The molecule has 2 heterocycles. The number of carbonyl (C=O) groups is 1. The molecule has 0 bridgehead atoms. The number of hydrogen-bond acceptors (Lipinski definition) is 6. The number of aliphatic hydroxyl groups excluding tert-OH is 1. The number of carbonyl (C=O) groups excluding carboxylic acids is 1. The highest BCUT2D eigenvalue weighted by Gasteiger charge is 2.21. The molecule has 0 radical (unpaired) electrons. The Morgan fingerprint density at radius 1 is 1.10 bits per heavy atom. The maximum absolute atomic E-state index is 12.0. The number of rotatable bonds is 12. The molecule has 2 aromatic rings. The van der Waals surface area contributed by atoms with E-state index in [1.54, 1.807) is 17.7 Å². The zero-order chi connectivity index (χ0) is 21.4. The molecular weight excluding hydrogens is 372 g/mol. The van der Waals surface area contributed by atoms with Crippen molar-refractivity contribution in [1.29, 1.82) is 0 Å². The molecule has 8 heteroatoms. The van der Waals surface area contributed by atoms with E-state index >= 15 is 0 Å². The first kappa shape index (κ1) is 23.1. The first-order chi connectivity index (χ1) is 13.9. The van der Waals surface area contributed by atoms with Crippen molar-refractivity contribution in [3.05, 3.63) is 34.4 Å². The third-order valence-corrected chi connectivity index (χ3v) is 4.84. The number of esters is 1. The van der Waals surface area contributed by atoms with E-state index in [0.29, 0.717) is 32.0 Å². The van der Waals surface area contributed by atoms with Crippen LogP contribution >= 0.6 is 0 Å². The number of aromatic nitrogens is 4. The van der Waals surface area contributed by atoms with Gasteiger partial charge in [-0.2, -0.15) is 10.2 Å². The molecule has 1 unspecified atom stereocenters. The minimum Gasteiger partial charge on any atom is -0.461 e. The number of ether oxygens (including phenoxy) is 2. The van der Waals surface area contributed by atoms with Crippen LogP contribution in [0.2, 0.25) is 0 Å². The Hall–Kier alpha value is -2.19. The molecule has 8 nitrogen and oxygen atoms in total. The molecule has 29 heavy (non-hydrogen) atoms. The second kappa shape index (κ2) is 11.1. The molecule has 1 atom stereocenters. The molecule has 0 spiro atoms. The molecule has 0 amide bonds. The van der Waals surface area contributed by atoms with Gasteiger partial charge < -0.3 is 14.6 Å². The molecule has 162 valence electrons. The lowest BCUT2D eigenvalue weighted by molar-refractivity contribution is -0.104. The molecule has 1 N–H and O–H groups in total. The zero-order valence-corrected chi connectivity index (χ0v) is 18.3. The van der Waals surface area contributed by atoms with Crippen LogP contribution in [0.15, 0.2) is 6.07 Å². The lowest BCUT2D eigenvalue weighted by Crippen LogP contribution is -2.14. The summed E-state index contributed by atoms with van der Waals surface area (Å²) in [6.07, 6.45) is 2.71. The number of unbranched alkanes of at least 4 members (excludes halogenated alkanes) is 2. The van der Waals surface area contributed by atoms with E-state index in [1.165, 1.54) is 0 Å². The van der Waals surface area contributed by atoms with Gasteiger partial charge in [0.2, 0.25) is 0 Å². The van der Waals surface area contributed by atoms with Crippen molar-refractivity contribution < 1.29 is 19.4 Å². The van der Waals surface area contributed by atoms with Gasteiger partial charge in [-0.25, -0.2) is 4.79 Å². The van der Waals surface area contributed by atoms with Gasteiger partial charge in [0, 0.05) is 25.3 Å². The number of aryl methyl sites for hydroxylation is 4. The summed E-state index contributed by atoms with van der Waals surface area (Å²) < 4.78 is 14.1. The van der Waals surface area contributed by atoms with Crippen LogP contribution in [-0.4, -0.2) is 43.9 Å². The molecule has 0 aliphatic carbocycles. The van der Waals surface area contributed by atoms with Crippen LogP contribution in [0, 0.1) is 13.8 Å². The Morgan fingerprint density at radius 3 is 2.52 bits per heavy atom. The number of nitrogens with zero attached hydrogens (tertiary/aromatic N) is 4. The van der Waals surface area contributed by atoms with Crippen LogP contribution in [0.1, 0.15) is 79.5 Å². The van der Waals surface area contributed by atoms with Gasteiger partial charge in [0.15, 0.2) is 6.29 Å². The molecule has 0 aliphatic heterocycles. The maximum Gasteiger partial charge on any atom is 0.356 e. The Morgan fingerprint density at radius 2 is 1.86 bits per heavy atom. The first-order valence-electron chi connectivity index (χ1n) is 10.5. The molecule has 0 saturated carbocycles. The summed E-state index contributed by atoms with van der Waals surface area (Å²) in [5, 5.41) is 19.3. The minimum atomic E-state index is -0.949. The minimum absolute atomic E-state index is 0.328. The first-order valence-corrected chi connectivity index (χ1v) is 10.5. The molecular formula is C21H34N4O4. The van der Waals surface area contributed by atoms with E-state index in [-0.39, 0.29) is 5.97 Å². The standard InChI is InChI=1S/C21H34N4O4/c1-6-24-19(21(27)29-8-3)17(16(5)23-24)12-10-9-11-13-25-18(14-15(4)22-25)20(26)28-7-2/h14,21,27H,6-13H2,1-5H3. The monoisotopic (exact) mass is 406 g/mol. The normalized spacial score (nSPS) is 12.3. The smallest absolute Gasteiger partial charge is 0.356 e. The van der Waals surface area contributed by atoms with Crippen molar-refractivity contribution in [2.45, 2.75) is 79.7 Å². The highest BCUT2D eigenvalue weighted by atomic mass is 16.6. The Balaban J connectivity index is 1.94. The average molecular weight is 407 g/mol. The predicted octanol–water partition coefficient (Wildman–Crippen LogP) is 3.33. The van der Waals surface area contributed by atoms with Gasteiger partial charge in [-0.3, -0.25) is 9.36 Å². The van der Waals surface area contributed by atoms with Gasteiger partial charge in [0.05, 0.1) is 23.7 Å². The number of hydrogen-bond donors (Lipinski definition) is 1. The summed E-state index contributed by atoms with van der Waals surface area (Å²) in [6.45, 7) is 11.7. The van der Waals surface area contributed by atoms with Crippen LogP contribution in [0.5, 0.6) is 0 Å². The van der Waals surface area contributed by atoms with Crippen molar-refractivity contribution in [1.82, 2.24) is 19.6 Å². The topological polar surface area (TPSA) is 91.4 Å². The average Bonchev–Trinajstić information content (AvgIpc) is 3.21. The summed E-state index contributed by atoms with van der Waals surface area (Å²) in [5.74, 6) is -0.328. The SMILES string of the molecule is CCOC(=O)c1cc(C)nn1CCCCCc1c(C)nn(CC)c1C(O)OCC. The van der Waals surface area contributed by atoms with Gasteiger partial charge in [0.1, 0.15) is 5.69 Å². The summed E-state index contributed by atoms with van der Waals surface area (Å²) in [5.41, 5.74) is 4.08. The third-order valence-electron chi connectivity index (χ3n) is 4.84. The van der Waals surface area contributed by atoms with Crippen LogP contribution in [0.4, 0.5) is 0 Å². The van der Waals surface area contributed by atoms with Crippen molar-refractivity contribution in [2.75, 3.05) is 13.2 Å². The van der Waals surface area contributed by atoms with E-state index in [4.69, 9.17) is 9.47 Å². The van der Waals surface area contributed by atoms with Crippen LogP contribution in [-0.2, 0) is 29.0 Å². The lowest BCUT2D eigenvalue weighted by atomic mass is 10.0. The van der Waals surface area contributed by atoms with Crippen molar-refractivity contribution in [3.63, 3.8) is 0 Å². The molecule has 2 rings (SSSR count). The van der Waals surface area contributed by atoms with Crippen LogP contribution < -0.4 is 0 Å². The Bertz CT molecular complexity index is 797. The van der Waals surface area contributed by atoms with E-state index in [2.05, 4.69) is 10.2 Å². The van der Waals surface area contributed by atoms with Gasteiger partial charge in [-0.15, -0.1) is 0 Å². The second-order valence-corrected chi connectivity index (χ2v) is 7.00. The molecule has 0 aliphatic rings. The van der Waals surface area contributed by atoms with Crippen molar-refractivity contribution in [2.24, 2.45) is 0 Å². The van der Waals surface area contributed by atoms with Gasteiger partial charge in [-0.1, -0.05) is 6.42 Å². The Kier molecular flexibility index (Phi) is 8.85. The van der Waals surface area contributed by atoms with E-state index < -0.39 is 6.29 Å². The van der Waals surface area contributed by atoms with Gasteiger partial charge in [-0.05, 0) is 59.9 Å². The fourth-order valence-corrected chi connectivity index (χ4v) is 3.53. The van der Waals surface area contributed by atoms with Crippen LogP contribution in [0.25, 0.3) is 0 Å². The van der Waals surface area contributed by atoms with E-state index in [1.807, 2.05) is 32.4 Å². The summed E-state index contributed by atoms with van der Waals surface area (Å²) in [7, 11) is 0. The highest BCUT2D eigenvalue weighted by Crippen LogP contribution is 2.24. The largest absolute Gasteiger partial charge is 0.461 e. The highest BCUT2D eigenvalue weighted by molar-refractivity contribution is 5.87. The van der Waals surface area contributed by atoms with Crippen LogP contribution in [0.3, 0.4) is 0 Å². The fraction of sp³-hybridized carbons (Fsp3) is 0.667. The Labute approximate surface area is 172 Å². The maximum atomic E-state index is 12.0. The fourth-order valence-electron chi connectivity index (χ4n) is 3.53. The summed E-state index contributed by atoms with van der Waals surface area (Å²) in [4.78, 5) is 12.0. The molecule has 0 fully saturated rings.